The molecule has 1 fully saturated rings. The van der Waals surface area contributed by atoms with Gasteiger partial charge in [-0.05, 0) is 68.7 Å². The number of sulfone groups is 1. The number of nitrogens with one attached hydrogen (secondary N) is 2. The van der Waals surface area contributed by atoms with E-state index in [-0.39, 0.29) is 38.5 Å². The van der Waals surface area contributed by atoms with Gasteiger partial charge in [-0.25, -0.2) is 8.42 Å². The molecule has 11 heteroatoms. The Morgan fingerprint density at radius 1 is 1.18 bits per heavy atom. The van der Waals surface area contributed by atoms with Crippen LogP contribution in [0.2, 0.25) is 10.0 Å². The van der Waals surface area contributed by atoms with Gasteiger partial charge in [-0.15, -0.1) is 0 Å². The van der Waals surface area contributed by atoms with Crippen molar-refractivity contribution in [2.75, 3.05) is 25.6 Å². The second-order valence-corrected chi connectivity index (χ2v) is 12.9. The second kappa shape index (κ2) is 11.0. The summed E-state index contributed by atoms with van der Waals surface area (Å²) in [6.07, 6.45) is 3.48. The van der Waals surface area contributed by atoms with E-state index in [2.05, 4.69) is 10.3 Å². The number of hydrogen-bond acceptors (Lipinski definition) is 5. The van der Waals surface area contributed by atoms with Crippen molar-refractivity contribution in [3.63, 3.8) is 0 Å². The third kappa shape index (κ3) is 5.19. The number of aryl methyl sites for hydroxylation is 1. The Balaban J connectivity index is 1.49. The number of H-pyrrole nitrogens is 1. The first-order valence-corrected chi connectivity index (χ1v) is 15.2. The Kier molecular flexibility index (Phi) is 7.85. The van der Waals surface area contributed by atoms with Gasteiger partial charge < -0.3 is 19.9 Å². The highest BCUT2D eigenvalue weighted by molar-refractivity contribution is 7.90. The molecule has 2 aliphatic heterocycles. The predicted molar refractivity (Wildman–Crippen MR) is 156 cm³/mol. The van der Waals surface area contributed by atoms with Crippen LogP contribution in [-0.4, -0.2) is 56.4 Å². The summed E-state index contributed by atoms with van der Waals surface area (Å²) < 4.78 is 32.0. The summed E-state index contributed by atoms with van der Waals surface area (Å²) in [6, 6.07) is 9.36. The number of likely N-dealkylation sites (tertiary alicyclic amines) is 1. The van der Waals surface area contributed by atoms with Gasteiger partial charge in [-0.2, -0.15) is 0 Å². The Bertz CT molecular complexity index is 1640. The van der Waals surface area contributed by atoms with Crippen LogP contribution in [0.25, 0.3) is 11.6 Å². The minimum Gasteiger partial charge on any atom is -0.383 e. The van der Waals surface area contributed by atoms with Crippen LogP contribution < -0.4 is 5.32 Å². The fraction of sp³-hybridized carbons (Fsp3) is 0.310. The molecule has 3 aromatic rings. The molecule has 2 N–H and O–H groups in total. The molecule has 0 radical (unpaired) electrons. The monoisotopic (exact) mass is 601 g/mol. The zero-order valence-corrected chi connectivity index (χ0v) is 24.6. The SMILES string of the molecule is COC[C@H]1CCCN1C(=O)c1c(C)[nH]c(/C=C2\C(=O)Nc3ccc(S(=O)(=O)Cc4c(Cl)cccc4Cl)cc32)c1C. The minimum atomic E-state index is -3.84. The van der Waals surface area contributed by atoms with Crippen molar-refractivity contribution in [2.45, 2.75) is 43.4 Å². The predicted octanol–water partition coefficient (Wildman–Crippen LogP) is 5.66. The van der Waals surface area contributed by atoms with Crippen molar-refractivity contribution in [3.8, 4) is 0 Å². The van der Waals surface area contributed by atoms with E-state index in [4.69, 9.17) is 27.9 Å². The van der Waals surface area contributed by atoms with Crippen LogP contribution in [0.4, 0.5) is 5.69 Å². The van der Waals surface area contributed by atoms with E-state index in [1.54, 1.807) is 37.5 Å². The number of benzene rings is 2. The number of aromatic amines is 1. The third-order valence-electron chi connectivity index (χ3n) is 7.50. The number of ether oxygens (including phenoxy) is 1. The molecule has 8 nitrogen and oxygen atoms in total. The van der Waals surface area contributed by atoms with E-state index in [0.29, 0.717) is 52.5 Å². The Labute approximate surface area is 243 Å². The molecule has 0 aliphatic carbocycles. The number of fused-ring (bicyclic) bond motifs is 1. The zero-order valence-electron chi connectivity index (χ0n) is 22.3. The summed E-state index contributed by atoms with van der Waals surface area (Å²) in [7, 11) is -2.21. The van der Waals surface area contributed by atoms with E-state index >= 15 is 0 Å². The first kappa shape index (κ1) is 28.4. The van der Waals surface area contributed by atoms with Gasteiger partial charge in [0.1, 0.15) is 0 Å². The molecule has 40 heavy (non-hydrogen) atoms. The lowest BCUT2D eigenvalue weighted by Crippen LogP contribution is -2.38. The molecule has 2 aromatic carbocycles. The molecular formula is C29H29Cl2N3O5S. The van der Waals surface area contributed by atoms with Gasteiger partial charge in [0.05, 0.1) is 34.4 Å². The van der Waals surface area contributed by atoms with Crippen LogP contribution >= 0.6 is 23.2 Å². The molecule has 1 saturated heterocycles. The normalized spacial score (nSPS) is 17.9. The van der Waals surface area contributed by atoms with Gasteiger partial charge >= 0.3 is 0 Å². The highest BCUT2D eigenvalue weighted by Crippen LogP contribution is 2.37. The summed E-state index contributed by atoms with van der Waals surface area (Å²) >= 11 is 12.4. The summed E-state index contributed by atoms with van der Waals surface area (Å²) in [5.41, 5.74) is 4.17. The Morgan fingerprint density at radius 3 is 2.60 bits per heavy atom. The van der Waals surface area contributed by atoms with Crippen molar-refractivity contribution in [2.24, 2.45) is 0 Å². The standard InChI is InChI=1S/C29H29Cl2N3O5S/c1-16-26(32-17(2)27(16)29(36)34-11-5-6-18(34)14-39-3)13-21-20-12-19(9-10-25(20)33-28(21)35)40(37,38)15-22-23(30)7-4-8-24(22)31/h4,7-10,12-13,18,32H,5-6,11,14-15H2,1-3H3,(H,33,35)/b21-13-/t18-/m1/s1. The maximum absolute atomic E-state index is 13.5. The van der Waals surface area contributed by atoms with E-state index in [1.807, 2.05) is 18.7 Å². The van der Waals surface area contributed by atoms with Crippen LogP contribution in [-0.2, 0) is 25.1 Å². The quantitative estimate of drug-likeness (QED) is 0.340. The molecule has 0 bridgehead atoms. The maximum atomic E-state index is 13.5. The van der Waals surface area contributed by atoms with Crippen molar-refractivity contribution >= 4 is 62.2 Å². The summed E-state index contributed by atoms with van der Waals surface area (Å²) in [6.45, 7) is 4.82. The lowest BCUT2D eigenvalue weighted by Gasteiger charge is -2.24. The van der Waals surface area contributed by atoms with Gasteiger partial charge in [0.15, 0.2) is 9.84 Å². The molecule has 0 saturated carbocycles. The molecule has 1 atom stereocenters. The smallest absolute Gasteiger partial charge is 0.256 e. The number of hydrogen-bond donors (Lipinski definition) is 2. The second-order valence-electron chi connectivity index (χ2n) is 10.1. The average Bonchev–Trinajstić information content (AvgIpc) is 3.57. The molecule has 1 aromatic heterocycles. The first-order valence-electron chi connectivity index (χ1n) is 12.8. The highest BCUT2D eigenvalue weighted by Gasteiger charge is 2.33. The lowest BCUT2D eigenvalue weighted by atomic mass is 10.0. The van der Waals surface area contributed by atoms with Crippen LogP contribution in [0, 0.1) is 13.8 Å². The van der Waals surface area contributed by atoms with Gasteiger partial charge in [0, 0.05) is 51.9 Å². The van der Waals surface area contributed by atoms with E-state index in [1.165, 1.54) is 12.1 Å². The molecular weight excluding hydrogens is 573 g/mol. The zero-order chi connectivity index (χ0) is 28.8. The van der Waals surface area contributed by atoms with Crippen molar-refractivity contribution in [1.82, 2.24) is 9.88 Å². The number of methoxy groups -OCH3 is 1. The highest BCUT2D eigenvalue weighted by atomic mass is 35.5. The number of anilines is 1. The number of rotatable bonds is 7. The van der Waals surface area contributed by atoms with Crippen molar-refractivity contribution in [3.05, 3.63) is 80.1 Å². The van der Waals surface area contributed by atoms with Gasteiger partial charge in [0.2, 0.25) is 0 Å². The molecule has 0 unspecified atom stereocenters. The molecule has 5 rings (SSSR count). The molecule has 2 amide bonds. The van der Waals surface area contributed by atoms with Crippen LogP contribution in [0.3, 0.4) is 0 Å². The minimum absolute atomic E-state index is 0.0292. The lowest BCUT2D eigenvalue weighted by molar-refractivity contribution is -0.110. The fourth-order valence-electron chi connectivity index (χ4n) is 5.44. The summed E-state index contributed by atoms with van der Waals surface area (Å²) in [5, 5.41) is 3.32. The molecule has 3 heterocycles. The number of nitrogens with zero attached hydrogens (tertiary/aromatic N) is 1. The average molecular weight is 603 g/mol. The van der Waals surface area contributed by atoms with Crippen LogP contribution in [0.15, 0.2) is 41.3 Å². The molecule has 2 aliphatic rings. The van der Waals surface area contributed by atoms with Crippen LogP contribution in [0.5, 0.6) is 0 Å². The van der Waals surface area contributed by atoms with Crippen LogP contribution in [0.1, 0.15) is 51.3 Å². The largest absolute Gasteiger partial charge is 0.383 e. The summed E-state index contributed by atoms with van der Waals surface area (Å²) in [4.78, 5) is 31.6. The van der Waals surface area contributed by atoms with Gasteiger partial charge in [-0.1, -0.05) is 29.3 Å². The number of halogens is 2. The first-order chi connectivity index (χ1) is 19.0. The summed E-state index contributed by atoms with van der Waals surface area (Å²) in [5.74, 6) is -0.817. The maximum Gasteiger partial charge on any atom is 0.256 e. The van der Waals surface area contributed by atoms with E-state index in [9.17, 15) is 18.0 Å². The van der Waals surface area contributed by atoms with Crippen molar-refractivity contribution in [1.29, 1.82) is 0 Å². The fourth-order valence-corrected chi connectivity index (χ4v) is 7.56. The van der Waals surface area contributed by atoms with Gasteiger partial charge in [-0.3, -0.25) is 9.59 Å². The number of carbonyl (C=O) groups excluding carboxylic acids is 2. The van der Waals surface area contributed by atoms with E-state index < -0.39 is 9.84 Å². The number of carbonyl (C=O) groups is 2. The van der Waals surface area contributed by atoms with E-state index in [0.717, 1.165) is 18.4 Å². The molecule has 0 spiro atoms. The number of amides is 2. The third-order valence-corrected chi connectivity index (χ3v) is 9.85. The molecule has 210 valence electrons. The topological polar surface area (TPSA) is 109 Å². The van der Waals surface area contributed by atoms with Gasteiger partial charge in [0.25, 0.3) is 11.8 Å². The van der Waals surface area contributed by atoms with Crippen molar-refractivity contribution < 1.29 is 22.7 Å². The Morgan fingerprint density at radius 2 is 1.90 bits per heavy atom. The Hall–Kier alpha value is -3.11. The number of aromatic nitrogens is 1.